The second-order valence-corrected chi connectivity index (χ2v) is 16.4. The number of aromatic nitrogens is 7. The number of carbonyl (C=O) groups excluding carboxylic acids is 1. The summed E-state index contributed by atoms with van der Waals surface area (Å²) < 4.78 is 52.8. The number of piperazine rings is 1. The third-order valence-corrected chi connectivity index (χ3v) is 11.3. The Labute approximate surface area is 342 Å². The zero-order valence-electron chi connectivity index (χ0n) is 31.6. The van der Waals surface area contributed by atoms with Gasteiger partial charge in [0.1, 0.15) is 27.5 Å². The first-order valence-corrected chi connectivity index (χ1v) is 21.3. The number of pyridine rings is 3. The van der Waals surface area contributed by atoms with Crippen LogP contribution in [-0.2, 0) is 28.4 Å². The van der Waals surface area contributed by atoms with Gasteiger partial charge in [0.25, 0.3) is 5.69 Å². The van der Waals surface area contributed by atoms with E-state index in [1.54, 1.807) is 19.5 Å². The molecule has 59 heavy (non-hydrogen) atoms. The zero-order chi connectivity index (χ0) is 42.2. The molecule has 1 aliphatic rings. The number of nitro groups is 1. The van der Waals surface area contributed by atoms with Crippen LogP contribution >= 0.6 is 19.4 Å². The summed E-state index contributed by atoms with van der Waals surface area (Å²) in [5.74, 6) is 0.503. The molecule has 24 nitrogen and oxygen atoms in total. The van der Waals surface area contributed by atoms with Crippen LogP contribution < -0.4 is 36.2 Å². The van der Waals surface area contributed by atoms with Crippen LogP contribution in [0.4, 0.5) is 45.5 Å². The third-order valence-electron chi connectivity index (χ3n) is 8.02. The Hall–Kier alpha value is -6.10. The van der Waals surface area contributed by atoms with Gasteiger partial charge in [0.15, 0.2) is 22.9 Å². The summed E-state index contributed by atoms with van der Waals surface area (Å²) >= 11 is 1.07. The van der Waals surface area contributed by atoms with Crippen molar-refractivity contribution in [3.63, 3.8) is 0 Å². The molecule has 1 amide bonds. The molecule has 6 heterocycles. The van der Waals surface area contributed by atoms with Gasteiger partial charge in [-0.2, -0.15) is 15.2 Å². The molecule has 0 saturated carbocycles. The van der Waals surface area contributed by atoms with E-state index in [2.05, 4.69) is 70.5 Å². The van der Waals surface area contributed by atoms with Crippen molar-refractivity contribution >= 4 is 104 Å². The molecule has 27 heteroatoms. The Morgan fingerprint density at radius 2 is 1.63 bits per heavy atom. The molecule has 0 aromatic carbocycles. The summed E-state index contributed by atoms with van der Waals surface area (Å²) in [7, 11) is -2.82. The van der Waals surface area contributed by atoms with E-state index < -0.39 is 28.6 Å². The molecule has 6 rings (SSSR count). The Morgan fingerprint density at radius 3 is 2.19 bits per heavy atom. The van der Waals surface area contributed by atoms with E-state index in [1.165, 1.54) is 19.5 Å². The highest BCUT2D eigenvalue weighted by molar-refractivity contribution is 7.99. The van der Waals surface area contributed by atoms with Crippen LogP contribution in [0, 0.1) is 21.4 Å². The normalized spacial score (nSPS) is 12.7. The van der Waals surface area contributed by atoms with Crippen molar-refractivity contribution in [1.29, 1.82) is 5.26 Å². The standard InChI is InChI=1S/C19H21N9O4S.C12H15N6O5PS.CH4/c1-32-19(29)26-17-15(33-2)14(28(30)31)12-10-22-18(25-16(12)24-17)23-13-4-3-11(9-21-13)27-7-5-20-6-8-27;1-14-12-15-6-8-7(5-13)9(24(19,22-2)23-3)11(16-10(8)17-12)18-25(4,20)21;/h3-4,9-10,20H,5-8H2,1-2H3,(H2,21,22,23,24,25,26,29);6H,1-4H3,(H2,14,15,16,17,18);1H4. The molecule has 1 fully saturated rings. The van der Waals surface area contributed by atoms with Crippen LogP contribution in [0.25, 0.3) is 22.1 Å². The molecule has 0 atom stereocenters. The molecule has 314 valence electrons. The number of carbonyl (C=O) groups is 1. The zero-order valence-corrected chi connectivity index (χ0v) is 34.2. The maximum atomic E-state index is 12.9. The molecule has 0 aliphatic carbocycles. The molecule has 0 bridgehead atoms. The lowest BCUT2D eigenvalue weighted by atomic mass is 10.2. The number of nitrogens with zero attached hydrogens (tertiary/aromatic N) is 10. The topological polar surface area (TPSA) is 317 Å². The maximum Gasteiger partial charge on any atom is 0.412 e. The number of nitriles is 1. The second kappa shape index (κ2) is 19.6. The van der Waals surface area contributed by atoms with Gasteiger partial charge in [-0.05, 0) is 18.4 Å². The van der Waals surface area contributed by atoms with Gasteiger partial charge in [0, 0.05) is 59.8 Å². The van der Waals surface area contributed by atoms with E-state index in [0.717, 1.165) is 64.1 Å². The van der Waals surface area contributed by atoms with E-state index in [9.17, 15) is 33.2 Å². The first-order valence-electron chi connectivity index (χ1n) is 16.6. The van der Waals surface area contributed by atoms with Crippen LogP contribution in [0.2, 0.25) is 0 Å². The van der Waals surface area contributed by atoms with Gasteiger partial charge >= 0.3 is 13.7 Å². The highest BCUT2D eigenvalue weighted by Crippen LogP contribution is 2.49. The van der Waals surface area contributed by atoms with Crippen molar-refractivity contribution in [3.05, 3.63) is 46.4 Å². The fourth-order valence-corrected chi connectivity index (χ4v) is 7.98. The van der Waals surface area contributed by atoms with E-state index in [4.69, 9.17) is 9.05 Å². The van der Waals surface area contributed by atoms with Crippen molar-refractivity contribution in [2.75, 3.05) is 92.6 Å². The molecular formula is C32H40N15O9PS2. The number of rotatable bonds is 12. The van der Waals surface area contributed by atoms with E-state index in [-0.39, 0.29) is 74.5 Å². The molecule has 1 saturated heterocycles. The van der Waals surface area contributed by atoms with E-state index in [1.807, 2.05) is 18.2 Å². The SMILES string of the molecule is C.CNc1ncc2c(C#N)c(P(=O)(OC)OC)c(NS(C)(=O)=O)nc2n1.COC(=O)Nc1nc2nc(Nc3ccc(N4CCNCC4)cn3)ncc2c([N+](=O)[O-])c1SC. The summed E-state index contributed by atoms with van der Waals surface area (Å²) in [6.07, 6.45) is 6.13. The minimum Gasteiger partial charge on any atom is -0.453 e. The minimum atomic E-state index is -4.02. The van der Waals surface area contributed by atoms with Crippen LogP contribution in [0.1, 0.15) is 13.0 Å². The number of methoxy groups -OCH3 is 1. The fraction of sp³-hybridized carbons (Fsp3) is 0.344. The van der Waals surface area contributed by atoms with Gasteiger partial charge in [0.2, 0.25) is 21.9 Å². The van der Waals surface area contributed by atoms with E-state index in [0.29, 0.717) is 5.82 Å². The fourth-order valence-electron chi connectivity index (χ4n) is 5.41. The quantitative estimate of drug-likeness (QED) is 0.0519. The third kappa shape index (κ3) is 10.5. The predicted octanol–water partition coefficient (Wildman–Crippen LogP) is 3.44. The number of anilines is 6. The van der Waals surface area contributed by atoms with Gasteiger partial charge in [-0.3, -0.25) is 24.7 Å². The smallest absolute Gasteiger partial charge is 0.412 e. The number of nitrogens with one attached hydrogen (secondary N) is 5. The van der Waals surface area contributed by atoms with Gasteiger partial charge in [-0.15, -0.1) is 11.8 Å². The van der Waals surface area contributed by atoms with Gasteiger partial charge in [-0.1, -0.05) is 7.43 Å². The molecule has 0 unspecified atom stereocenters. The number of fused-ring (bicyclic) bond motifs is 2. The van der Waals surface area contributed by atoms with Gasteiger partial charge < -0.3 is 34.6 Å². The average molecular weight is 874 g/mol. The average Bonchev–Trinajstić information content (AvgIpc) is 3.22. The van der Waals surface area contributed by atoms with Crippen molar-refractivity contribution in [1.82, 2.24) is 40.2 Å². The van der Waals surface area contributed by atoms with Crippen LogP contribution in [0.15, 0.2) is 35.6 Å². The van der Waals surface area contributed by atoms with Gasteiger partial charge in [-0.25, -0.2) is 38.1 Å². The van der Waals surface area contributed by atoms with Crippen molar-refractivity contribution in [2.45, 2.75) is 12.3 Å². The minimum absolute atomic E-state index is 0. The molecule has 0 spiro atoms. The lowest BCUT2D eigenvalue weighted by molar-refractivity contribution is -0.385. The molecular weight excluding hydrogens is 834 g/mol. The highest BCUT2D eigenvalue weighted by atomic mass is 32.2. The molecule has 0 radical (unpaired) electrons. The number of thioether (sulfide) groups is 1. The summed E-state index contributed by atoms with van der Waals surface area (Å²) in [5, 5.41) is 32.7. The number of sulfonamides is 1. The molecule has 1 aliphatic heterocycles. The lowest BCUT2D eigenvalue weighted by Gasteiger charge is -2.29. The van der Waals surface area contributed by atoms with Crippen LogP contribution in [-0.4, -0.2) is 121 Å². The Bertz CT molecular complexity index is 2550. The van der Waals surface area contributed by atoms with Crippen molar-refractivity contribution in [3.8, 4) is 6.07 Å². The summed E-state index contributed by atoms with van der Waals surface area (Å²) in [5.41, 5.74) is 0.682. The lowest BCUT2D eigenvalue weighted by Crippen LogP contribution is -2.43. The summed E-state index contributed by atoms with van der Waals surface area (Å²) in [6, 6.07) is 5.63. The van der Waals surface area contributed by atoms with Crippen molar-refractivity contribution in [2.24, 2.45) is 0 Å². The Balaban J connectivity index is 0.000000267. The molecule has 5 aromatic rings. The summed E-state index contributed by atoms with van der Waals surface area (Å²) in [6.45, 7) is 3.67. The first kappa shape index (κ1) is 45.6. The maximum absolute atomic E-state index is 12.9. The largest absolute Gasteiger partial charge is 0.453 e. The van der Waals surface area contributed by atoms with Gasteiger partial charge in [0.05, 0.1) is 41.1 Å². The summed E-state index contributed by atoms with van der Waals surface area (Å²) in [4.78, 5) is 54.7. The van der Waals surface area contributed by atoms with Crippen LogP contribution in [0.3, 0.4) is 0 Å². The monoisotopic (exact) mass is 873 g/mol. The number of ether oxygens (including phenoxy) is 1. The molecule has 5 N–H and O–H groups in total. The highest BCUT2D eigenvalue weighted by Gasteiger charge is 2.35. The van der Waals surface area contributed by atoms with Crippen molar-refractivity contribution < 1.29 is 36.5 Å². The number of amides is 1. The molecule has 5 aromatic heterocycles. The Kier molecular flexibility index (Phi) is 15.1. The predicted molar refractivity (Wildman–Crippen MR) is 222 cm³/mol. The second-order valence-electron chi connectivity index (χ2n) is 11.6. The number of hydrogen-bond donors (Lipinski definition) is 5. The first-order chi connectivity index (χ1) is 27.7. The Morgan fingerprint density at radius 1 is 1.00 bits per heavy atom. The van der Waals surface area contributed by atoms with Crippen LogP contribution in [0.5, 0.6) is 0 Å². The van der Waals surface area contributed by atoms with E-state index >= 15 is 0 Å². The number of hydrogen-bond acceptors (Lipinski definition) is 22.